The lowest BCUT2D eigenvalue weighted by atomic mass is 10.2. The largest absolute Gasteiger partial charge is 0.397 e. The van der Waals surface area contributed by atoms with Gasteiger partial charge in [0.2, 0.25) is 0 Å². The lowest BCUT2D eigenvalue weighted by Gasteiger charge is -2.16. The number of nitrogens with zero attached hydrogens (tertiary/aromatic N) is 3. The Labute approximate surface area is 122 Å². The molecule has 5 nitrogen and oxygen atoms in total. The summed E-state index contributed by atoms with van der Waals surface area (Å²) in [5.41, 5.74) is 7.11. The molecule has 20 heavy (non-hydrogen) atoms. The van der Waals surface area contributed by atoms with Crippen molar-refractivity contribution < 1.29 is 4.52 Å². The quantitative estimate of drug-likeness (QED) is 0.860. The summed E-state index contributed by atoms with van der Waals surface area (Å²) in [4.78, 5) is 6.62. The van der Waals surface area contributed by atoms with E-state index in [0.29, 0.717) is 28.1 Å². The van der Waals surface area contributed by atoms with Gasteiger partial charge in [0, 0.05) is 13.1 Å². The molecule has 0 radical (unpaired) electrons. The Kier molecular flexibility index (Phi) is 3.78. The average Bonchev–Trinajstić information content (AvgIpc) is 2.77. The van der Waals surface area contributed by atoms with Crippen molar-refractivity contribution in [3.63, 3.8) is 0 Å². The van der Waals surface area contributed by atoms with Crippen LogP contribution in [0.1, 0.15) is 25.7 Å². The molecule has 2 N–H and O–H groups in total. The molecule has 0 saturated carbocycles. The molecule has 1 fully saturated rings. The average molecular weight is 293 g/mol. The summed E-state index contributed by atoms with van der Waals surface area (Å²) in [5, 5.41) is 4.57. The molecule has 2 heterocycles. The number of hydrogen-bond acceptors (Lipinski definition) is 5. The van der Waals surface area contributed by atoms with Crippen molar-refractivity contribution in [1.29, 1.82) is 0 Å². The second-order valence-electron chi connectivity index (χ2n) is 5.00. The second-order valence-corrected chi connectivity index (χ2v) is 5.41. The van der Waals surface area contributed by atoms with Crippen LogP contribution in [0, 0.1) is 0 Å². The molecular formula is C14H17ClN4O. The normalized spacial score (nSPS) is 16.1. The monoisotopic (exact) mass is 292 g/mol. The van der Waals surface area contributed by atoms with Crippen LogP contribution in [0.2, 0.25) is 5.02 Å². The van der Waals surface area contributed by atoms with Crippen molar-refractivity contribution in [2.24, 2.45) is 0 Å². The summed E-state index contributed by atoms with van der Waals surface area (Å²) < 4.78 is 5.34. The predicted octanol–water partition coefficient (Wildman–Crippen LogP) is 3.35. The lowest BCUT2D eigenvalue weighted by Crippen LogP contribution is -2.24. The zero-order chi connectivity index (χ0) is 13.9. The molecule has 3 rings (SSSR count). The van der Waals surface area contributed by atoms with E-state index in [1.54, 1.807) is 6.07 Å². The Bertz CT molecular complexity index is 591. The highest BCUT2D eigenvalue weighted by Gasteiger charge is 2.18. The summed E-state index contributed by atoms with van der Waals surface area (Å²) in [7, 11) is 0. The van der Waals surface area contributed by atoms with Crippen LogP contribution in [0.4, 0.5) is 11.6 Å². The first-order valence-electron chi connectivity index (χ1n) is 6.89. The van der Waals surface area contributed by atoms with Crippen LogP contribution in [0.15, 0.2) is 22.7 Å². The fraction of sp³-hybridized carbons (Fsp3) is 0.429. The number of para-hydroxylation sites is 1. The second kappa shape index (κ2) is 5.71. The standard InChI is InChI=1S/C14H17ClN4O/c15-11-7-5-6-10(12(11)16)13-17-14(18-20-13)19-8-3-1-2-4-9-19/h5-7H,1-4,8-9,16H2. The van der Waals surface area contributed by atoms with Crippen LogP contribution in [0.3, 0.4) is 0 Å². The fourth-order valence-corrected chi connectivity index (χ4v) is 2.62. The van der Waals surface area contributed by atoms with Gasteiger partial charge >= 0.3 is 0 Å². The van der Waals surface area contributed by atoms with Gasteiger partial charge in [-0.15, -0.1) is 0 Å². The number of halogens is 1. The molecule has 0 unspecified atom stereocenters. The van der Waals surface area contributed by atoms with Crippen LogP contribution in [-0.2, 0) is 0 Å². The molecule has 6 heteroatoms. The SMILES string of the molecule is Nc1c(Cl)cccc1-c1nc(N2CCCCCC2)no1. The van der Waals surface area contributed by atoms with Crippen molar-refractivity contribution in [2.45, 2.75) is 25.7 Å². The first-order chi connectivity index (χ1) is 9.75. The molecule has 0 amide bonds. The highest BCUT2D eigenvalue weighted by atomic mass is 35.5. The minimum atomic E-state index is 0.421. The van der Waals surface area contributed by atoms with Crippen molar-refractivity contribution in [2.75, 3.05) is 23.7 Å². The van der Waals surface area contributed by atoms with Crippen LogP contribution in [-0.4, -0.2) is 23.2 Å². The first kappa shape index (κ1) is 13.2. The summed E-state index contributed by atoms with van der Waals surface area (Å²) in [5.74, 6) is 1.06. The third-order valence-electron chi connectivity index (χ3n) is 3.59. The number of benzene rings is 1. The van der Waals surface area contributed by atoms with Gasteiger partial charge in [-0.25, -0.2) is 0 Å². The Morgan fingerprint density at radius 2 is 1.90 bits per heavy atom. The van der Waals surface area contributed by atoms with E-state index in [1.165, 1.54) is 25.7 Å². The van der Waals surface area contributed by atoms with Gasteiger partial charge < -0.3 is 15.2 Å². The molecule has 1 saturated heterocycles. The van der Waals surface area contributed by atoms with E-state index < -0.39 is 0 Å². The summed E-state index contributed by atoms with van der Waals surface area (Å²) in [6, 6.07) is 5.40. The maximum atomic E-state index is 6.02. The van der Waals surface area contributed by atoms with Crippen LogP contribution < -0.4 is 10.6 Å². The van der Waals surface area contributed by atoms with Crippen molar-refractivity contribution in [3.05, 3.63) is 23.2 Å². The third kappa shape index (κ3) is 2.58. The zero-order valence-corrected chi connectivity index (χ0v) is 11.9. The fourth-order valence-electron chi connectivity index (χ4n) is 2.45. The minimum Gasteiger partial charge on any atom is -0.397 e. The molecule has 1 aromatic heterocycles. The smallest absolute Gasteiger partial charge is 0.266 e. The van der Waals surface area contributed by atoms with Gasteiger partial charge in [0.15, 0.2) is 0 Å². The number of aromatic nitrogens is 2. The van der Waals surface area contributed by atoms with E-state index in [0.717, 1.165) is 13.1 Å². The van der Waals surface area contributed by atoms with Crippen molar-refractivity contribution >= 4 is 23.2 Å². The van der Waals surface area contributed by atoms with Crippen molar-refractivity contribution in [3.8, 4) is 11.5 Å². The van der Waals surface area contributed by atoms with Crippen LogP contribution >= 0.6 is 11.6 Å². The molecule has 1 aromatic carbocycles. The molecule has 0 spiro atoms. The topological polar surface area (TPSA) is 68.2 Å². The number of nitrogen functional groups attached to an aromatic ring is 1. The number of anilines is 2. The highest BCUT2D eigenvalue weighted by Crippen LogP contribution is 2.31. The molecule has 2 aromatic rings. The number of hydrogen-bond donors (Lipinski definition) is 1. The summed E-state index contributed by atoms with van der Waals surface area (Å²) >= 11 is 6.02. The summed E-state index contributed by atoms with van der Waals surface area (Å²) in [6.07, 6.45) is 4.87. The molecule has 106 valence electrons. The highest BCUT2D eigenvalue weighted by molar-refractivity contribution is 6.33. The van der Waals surface area contributed by atoms with Gasteiger partial charge in [-0.2, -0.15) is 4.98 Å². The number of rotatable bonds is 2. The maximum absolute atomic E-state index is 6.02. The van der Waals surface area contributed by atoms with Gasteiger partial charge in [-0.05, 0) is 30.1 Å². The van der Waals surface area contributed by atoms with Gasteiger partial charge in [-0.1, -0.05) is 30.5 Å². The number of nitrogens with two attached hydrogens (primary N) is 1. The van der Waals surface area contributed by atoms with E-state index in [1.807, 2.05) is 12.1 Å². The molecular weight excluding hydrogens is 276 g/mol. The van der Waals surface area contributed by atoms with Gasteiger partial charge in [0.05, 0.1) is 16.3 Å². The van der Waals surface area contributed by atoms with E-state index in [4.69, 9.17) is 21.9 Å². The van der Waals surface area contributed by atoms with Gasteiger partial charge in [0.25, 0.3) is 11.8 Å². The van der Waals surface area contributed by atoms with E-state index in [-0.39, 0.29) is 0 Å². The van der Waals surface area contributed by atoms with E-state index in [2.05, 4.69) is 15.0 Å². The van der Waals surface area contributed by atoms with E-state index in [9.17, 15) is 0 Å². The molecule has 0 bridgehead atoms. The Balaban J connectivity index is 1.87. The molecule has 1 aliphatic rings. The van der Waals surface area contributed by atoms with Crippen LogP contribution in [0.5, 0.6) is 0 Å². The third-order valence-corrected chi connectivity index (χ3v) is 3.92. The Morgan fingerprint density at radius 3 is 2.65 bits per heavy atom. The molecule has 1 aliphatic heterocycles. The van der Waals surface area contributed by atoms with Crippen LogP contribution in [0.25, 0.3) is 11.5 Å². The summed E-state index contributed by atoms with van der Waals surface area (Å²) in [6.45, 7) is 1.95. The molecule has 0 aliphatic carbocycles. The van der Waals surface area contributed by atoms with Gasteiger partial charge in [0.1, 0.15) is 0 Å². The zero-order valence-electron chi connectivity index (χ0n) is 11.2. The Morgan fingerprint density at radius 1 is 1.15 bits per heavy atom. The lowest BCUT2D eigenvalue weighted by molar-refractivity contribution is 0.429. The van der Waals surface area contributed by atoms with Gasteiger partial charge in [-0.3, -0.25) is 0 Å². The predicted molar refractivity (Wildman–Crippen MR) is 79.8 cm³/mol. The Hall–Kier alpha value is -1.75. The minimum absolute atomic E-state index is 0.421. The maximum Gasteiger partial charge on any atom is 0.266 e. The molecule has 0 atom stereocenters. The first-order valence-corrected chi connectivity index (χ1v) is 7.26. The van der Waals surface area contributed by atoms with E-state index >= 15 is 0 Å². The van der Waals surface area contributed by atoms with Crippen molar-refractivity contribution in [1.82, 2.24) is 10.1 Å².